The molecule has 2 heteroatoms. The Bertz CT molecular complexity index is 2620. The fourth-order valence-electron chi connectivity index (χ4n) is 6.68. The Hall–Kier alpha value is -5.91. The summed E-state index contributed by atoms with van der Waals surface area (Å²) in [6.07, 6.45) is 0. The third kappa shape index (κ3) is 3.66. The molecule has 0 spiro atoms. The molecule has 0 atom stereocenters. The van der Waals surface area contributed by atoms with Gasteiger partial charge >= 0.3 is 0 Å². The molecule has 0 saturated carbocycles. The third-order valence-corrected chi connectivity index (χ3v) is 8.84. The molecule has 0 radical (unpaired) electrons. The average molecular weight is 546 g/mol. The highest BCUT2D eigenvalue weighted by atomic mass is 16.3. The predicted octanol–water partition coefficient (Wildman–Crippen LogP) is 12.1. The minimum absolute atomic E-state index is 0.660. The summed E-state index contributed by atoms with van der Waals surface area (Å²) in [6.45, 7) is 7.21. The van der Waals surface area contributed by atoms with Gasteiger partial charge in [0.2, 0.25) is 0 Å². The van der Waals surface area contributed by atoms with E-state index in [1.54, 1.807) is 0 Å². The first kappa shape index (κ1) is 23.8. The minimum atomic E-state index is 0.660. The Morgan fingerprint density at radius 1 is 0.372 bits per heavy atom. The number of hydrogen-bond donors (Lipinski definition) is 0. The second kappa shape index (κ2) is 9.05. The molecule has 1 heterocycles. The molecule has 43 heavy (non-hydrogen) atoms. The van der Waals surface area contributed by atoms with E-state index in [0.717, 1.165) is 33.1 Å². The van der Waals surface area contributed by atoms with Crippen LogP contribution in [0, 0.1) is 6.57 Å². The van der Waals surface area contributed by atoms with Crippen molar-refractivity contribution in [1.82, 2.24) is 0 Å². The molecule has 8 aromatic carbocycles. The van der Waals surface area contributed by atoms with Gasteiger partial charge in [-0.15, -0.1) is 0 Å². The lowest BCUT2D eigenvalue weighted by molar-refractivity contribution is 0.669. The van der Waals surface area contributed by atoms with E-state index in [4.69, 9.17) is 11.0 Å². The monoisotopic (exact) mass is 545 g/mol. The van der Waals surface area contributed by atoms with Gasteiger partial charge in [0, 0.05) is 10.8 Å². The number of para-hydroxylation sites is 1. The molecule has 198 valence electrons. The molecule has 0 amide bonds. The van der Waals surface area contributed by atoms with E-state index < -0.39 is 0 Å². The highest BCUT2D eigenvalue weighted by Crippen LogP contribution is 2.41. The first-order chi connectivity index (χ1) is 21.2. The van der Waals surface area contributed by atoms with Gasteiger partial charge in [-0.2, -0.15) is 0 Å². The summed E-state index contributed by atoms with van der Waals surface area (Å²) in [5, 5.41) is 12.2. The quantitative estimate of drug-likeness (QED) is 0.156. The fraction of sp³-hybridized carbons (Fsp3) is 0. The van der Waals surface area contributed by atoms with Gasteiger partial charge < -0.3 is 4.42 Å². The van der Waals surface area contributed by atoms with E-state index in [2.05, 4.69) is 108 Å². The van der Waals surface area contributed by atoms with Crippen molar-refractivity contribution in [3.8, 4) is 22.3 Å². The first-order valence-electron chi connectivity index (χ1n) is 14.5. The maximum absolute atomic E-state index is 7.21. The lowest BCUT2D eigenvalue weighted by Gasteiger charge is -2.13. The van der Waals surface area contributed by atoms with E-state index in [-0.39, 0.29) is 0 Å². The molecule has 1 aromatic heterocycles. The zero-order chi connectivity index (χ0) is 28.5. The van der Waals surface area contributed by atoms with Crippen LogP contribution in [-0.4, -0.2) is 0 Å². The zero-order valence-electron chi connectivity index (χ0n) is 23.1. The lowest BCUT2D eigenvalue weighted by atomic mass is 9.91. The van der Waals surface area contributed by atoms with E-state index in [1.165, 1.54) is 54.2 Å². The van der Waals surface area contributed by atoms with Crippen molar-refractivity contribution in [2.24, 2.45) is 0 Å². The second-order valence-corrected chi connectivity index (χ2v) is 11.2. The Morgan fingerprint density at radius 3 is 1.63 bits per heavy atom. The van der Waals surface area contributed by atoms with Gasteiger partial charge in [0.1, 0.15) is 11.2 Å². The topological polar surface area (TPSA) is 17.5 Å². The van der Waals surface area contributed by atoms with Crippen molar-refractivity contribution < 1.29 is 4.42 Å². The predicted molar refractivity (Wildman–Crippen MR) is 181 cm³/mol. The molecular weight excluding hydrogens is 522 g/mol. The number of furan rings is 1. The van der Waals surface area contributed by atoms with Crippen molar-refractivity contribution in [2.75, 3.05) is 0 Å². The van der Waals surface area contributed by atoms with Gasteiger partial charge in [0.15, 0.2) is 5.69 Å². The van der Waals surface area contributed by atoms with Crippen LogP contribution >= 0.6 is 0 Å². The van der Waals surface area contributed by atoms with Crippen LogP contribution in [-0.2, 0) is 0 Å². The molecule has 0 aliphatic rings. The van der Waals surface area contributed by atoms with Crippen LogP contribution in [0.5, 0.6) is 0 Å². The van der Waals surface area contributed by atoms with Crippen LogP contribution < -0.4 is 0 Å². The van der Waals surface area contributed by atoms with Crippen LogP contribution in [0.1, 0.15) is 0 Å². The summed E-state index contributed by atoms with van der Waals surface area (Å²) < 4.78 is 6.29. The van der Waals surface area contributed by atoms with Crippen LogP contribution in [0.15, 0.2) is 144 Å². The molecule has 0 aliphatic carbocycles. The van der Waals surface area contributed by atoms with Crippen molar-refractivity contribution in [1.29, 1.82) is 0 Å². The molecule has 0 aliphatic heterocycles. The molecule has 9 rings (SSSR count). The van der Waals surface area contributed by atoms with Crippen molar-refractivity contribution in [2.45, 2.75) is 0 Å². The van der Waals surface area contributed by atoms with E-state index in [1.807, 2.05) is 36.4 Å². The minimum Gasteiger partial charge on any atom is -0.456 e. The maximum Gasteiger partial charge on any atom is 0.187 e. The average Bonchev–Trinajstić information content (AvgIpc) is 3.44. The fourth-order valence-corrected chi connectivity index (χ4v) is 6.68. The van der Waals surface area contributed by atoms with Gasteiger partial charge in [0.25, 0.3) is 0 Å². The number of benzene rings is 8. The number of nitrogens with zero attached hydrogens (tertiary/aromatic N) is 1. The molecule has 0 N–H and O–H groups in total. The highest BCUT2D eigenvalue weighted by molar-refractivity contribution is 6.28. The summed E-state index contributed by atoms with van der Waals surface area (Å²) >= 11 is 0. The summed E-state index contributed by atoms with van der Waals surface area (Å²) in [5.41, 5.74) is 7.17. The van der Waals surface area contributed by atoms with E-state index in [0.29, 0.717) is 5.69 Å². The Morgan fingerprint density at radius 2 is 0.907 bits per heavy atom. The SMILES string of the molecule is [C-]#[N+]c1ccc(-c2ccc3cc(-c4ccc5c(c4)c4ccccc4c4cc6c(cc54)oc4ccccc46)ccc3c2)cc1. The summed E-state index contributed by atoms with van der Waals surface area (Å²) in [6, 6.07) is 49.5. The Balaban J connectivity index is 1.21. The third-order valence-electron chi connectivity index (χ3n) is 8.84. The van der Waals surface area contributed by atoms with Gasteiger partial charge in [-0.1, -0.05) is 103 Å². The second-order valence-electron chi connectivity index (χ2n) is 11.2. The zero-order valence-corrected chi connectivity index (χ0v) is 23.1. The first-order valence-corrected chi connectivity index (χ1v) is 14.5. The molecule has 2 nitrogen and oxygen atoms in total. The van der Waals surface area contributed by atoms with Crippen LogP contribution in [0.3, 0.4) is 0 Å². The van der Waals surface area contributed by atoms with Crippen LogP contribution in [0.2, 0.25) is 0 Å². The lowest BCUT2D eigenvalue weighted by Crippen LogP contribution is -1.86. The van der Waals surface area contributed by atoms with Crippen molar-refractivity contribution in [3.63, 3.8) is 0 Å². The maximum atomic E-state index is 7.21. The van der Waals surface area contributed by atoms with Crippen molar-refractivity contribution in [3.05, 3.63) is 151 Å². The van der Waals surface area contributed by atoms with Gasteiger partial charge in [-0.05, 0) is 102 Å². The molecule has 0 saturated heterocycles. The molecule has 9 aromatic rings. The highest BCUT2D eigenvalue weighted by Gasteiger charge is 2.14. The van der Waals surface area contributed by atoms with E-state index in [9.17, 15) is 0 Å². The smallest absolute Gasteiger partial charge is 0.187 e. The largest absolute Gasteiger partial charge is 0.456 e. The van der Waals surface area contributed by atoms with Gasteiger partial charge in [-0.25, -0.2) is 4.85 Å². The van der Waals surface area contributed by atoms with Crippen molar-refractivity contribution >= 4 is 70.7 Å². The molecule has 0 unspecified atom stereocenters. The number of hydrogen-bond acceptors (Lipinski definition) is 1. The molecular formula is C41H23NO. The Kier molecular flexibility index (Phi) is 5.00. The summed E-state index contributed by atoms with van der Waals surface area (Å²) in [5.74, 6) is 0. The Labute approximate surface area is 247 Å². The summed E-state index contributed by atoms with van der Waals surface area (Å²) in [7, 11) is 0. The van der Waals surface area contributed by atoms with Gasteiger partial charge in [0.05, 0.1) is 6.57 Å². The van der Waals surface area contributed by atoms with E-state index >= 15 is 0 Å². The standard InChI is InChI=1S/C41H23NO/c1-42-31-17-14-25(15-18-31)26-10-11-28-21-29(13-12-27(28)20-26)30-16-19-34-36(22-30)32-6-2-3-7-33(32)37-23-39-35-8-4-5-9-40(35)43-41(39)24-38(34)37/h2-24H. The van der Waals surface area contributed by atoms with Crippen LogP contribution in [0.4, 0.5) is 5.69 Å². The molecule has 0 fully saturated rings. The molecule has 0 bridgehead atoms. The van der Waals surface area contributed by atoms with Crippen LogP contribution in [0.25, 0.3) is 92.1 Å². The number of rotatable bonds is 2. The normalized spacial score (nSPS) is 11.7. The summed E-state index contributed by atoms with van der Waals surface area (Å²) in [4.78, 5) is 3.51. The number of fused-ring (bicyclic) bond motifs is 10. The van der Waals surface area contributed by atoms with Gasteiger partial charge in [-0.3, -0.25) is 0 Å².